The molecule has 0 bridgehead atoms. The smallest absolute Gasteiger partial charge is 0.338 e. The zero-order valence-corrected chi connectivity index (χ0v) is 18.5. The summed E-state index contributed by atoms with van der Waals surface area (Å²) in [5.41, 5.74) is 1.72. The van der Waals surface area contributed by atoms with Gasteiger partial charge >= 0.3 is 5.97 Å². The van der Waals surface area contributed by atoms with E-state index in [0.717, 1.165) is 18.4 Å². The number of anilines is 1. The quantitative estimate of drug-likeness (QED) is 0.277. The predicted octanol–water partition coefficient (Wildman–Crippen LogP) is 5.48. The number of carbonyl (C=O) groups is 2. The molecule has 1 N–H and O–H groups in total. The number of amides is 1. The molecule has 0 saturated heterocycles. The molecule has 2 aromatic carbocycles. The fourth-order valence-electron chi connectivity index (χ4n) is 2.91. The van der Waals surface area contributed by atoms with Crippen LogP contribution in [-0.4, -0.2) is 32.2 Å². The molecule has 6 heteroatoms. The van der Waals surface area contributed by atoms with Gasteiger partial charge in [-0.05, 0) is 55.3 Å². The van der Waals surface area contributed by atoms with E-state index in [1.54, 1.807) is 44.4 Å². The lowest BCUT2D eigenvalue weighted by Gasteiger charge is -2.11. The Labute approximate surface area is 184 Å². The second-order valence-corrected chi connectivity index (χ2v) is 6.94. The number of rotatable bonds is 12. The Morgan fingerprint density at radius 2 is 1.84 bits per heavy atom. The third-order valence-corrected chi connectivity index (χ3v) is 4.51. The summed E-state index contributed by atoms with van der Waals surface area (Å²) in [6.07, 6.45) is 7.68. The van der Waals surface area contributed by atoms with Gasteiger partial charge in [0.25, 0.3) is 0 Å². The minimum Gasteiger partial charge on any atom is -0.493 e. The van der Waals surface area contributed by atoms with Gasteiger partial charge in [0.15, 0.2) is 11.5 Å². The van der Waals surface area contributed by atoms with Crippen LogP contribution in [0.25, 0.3) is 6.08 Å². The van der Waals surface area contributed by atoms with Crippen LogP contribution < -0.4 is 14.8 Å². The van der Waals surface area contributed by atoms with Crippen molar-refractivity contribution in [2.24, 2.45) is 0 Å². The molecule has 0 heterocycles. The minimum absolute atomic E-state index is 0.296. The number of hydrogen-bond donors (Lipinski definition) is 1. The largest absolute Gasteiger partial charge is 0.493 e. The van der Waals surface area contributed by atoms with Crippen LogP contribution in [0, 0.1) is 0 Å². The molecule has 166 valence electrons. The molecule has 0 aliphatic rings. The zero-order valence-electron chi connectivity index (χ0n) is 18.5. The van der Waals surface area contributed by atoms with Gasteiger partial charge < -0.3 is 19.5 Å². The fraction of sp³-hybridized carbons (Fsp3) is 0.360. The second-order valence-electron chi connectivity index (χ2n) is 6.94. The molecular weight excluding hydrogens is 394 g/mol. The van der Waals surface area contributed by atoms with E-state index in [0.29, 0.717) is 36.0 Å². The number of ether oxygens (including phenoxy) is 3. The molecule has 2 aromatic rings. The average Bonchev–Trinajstić information content (AvgIpc) is 2.78. The van der Waals surface area contributed by atoms with Gasteiger partial charge in [-0.15, -0.1) is 0 Å². The lowest BCUT2D eigenvalue weighted by atomic mass is 10.1. The first-order chi connectivity index (χ1) is 15.1. The first-order valence-electron chi connectivity index (χ1n) is 10.6. The predicted molar refractivity (Wildman–Crippen MR) is 123 cm³/mol. The standard InChI is InChI=1S/C25H31NO5/c1-4-6-7-8-16-31-22-14-12-19(17-23(22)29-3)13-15-24(27)26-21-11-9-10-20(18-21)25(28)30-5-2/h9-15,17-18H,4-8,16H2,1-3H3,(H,26,27)/b15-13+. The van der Waals surface area contributed by atoms with E-state index in [9.17, 15) is 9.59 Å². The van der Waals surface area contributed by atoms with Crippen molar-refractivity contribution in [3.8, 4) is 11.5 Å². The maximum absolute atomic E-state index is 12.3. The van der Waals surface area contributed by atoms with E-state index in [2.05, 4.69) is 12.2 Å². The van der Waals surface area contributed by atoms with Crippen molar-refractivity contribution < 1.29 is 23.8 Å². The van der Waals surface area contributed by atoms with E-state index in [1.807, 2.05) is 18.2 Å². The van der Waals surface area contributed by atoms with E-state index >= 15 is 0 Å². The van der Waals surface area contributed by atoms with Crippen LogP contribution >= 0.6 is 0 Å². The highest BCUT2D eigenvalue weighted by Crippen LogP contribution is 2.29. The van der Waals surface area contributed by atoms with E-state index in [1.165, 1.54) is 18.9 Å². The summed E-state index contributed by atoms with van der Waals surface area (Å²) in [4.78, 5) is 24.1. The van der Waals surface area contributed by atoms with Crippen molar-refractivity contribution in [3.05, 3.63) is 59.7 Å². The molecule has 2 rings (SSSR count). The zero-order chi connectivity index (χ0) is 22.5. The number of esters is 1. The Kier molecular flexibility index (Phi) is 10.1. The van der Waals surface area contributed by atoms with Gasteiger partial charge in [-0.2, -0.15) is 0 Å². The maximum atomic E-state index is 12.3. The van der Waals surface area contributed by atoms with Crippen molar-refractivity contribution in [1.82, 2.24) is 0 Å². The monoisotopic (exact) mass is 425 g/mol. The second kappa shape index (κ2) is 13.1. The van der Waals surface area contributed by atoms with Crippen LogP contribution in [0.5, 0.6) is 11.5 Å². The summed E-state index contributed by atoms with van der Waals surface area (Å²) >= 11 is 0. The first-order valence-corrected chi connectivity index (χ1v) is 10.6. The van der Waals surface area contributed by atoms with Crippen molar-refractivity contribution in [2.75, 3.05) is 25.6 Å². The highest BCUT2D eigenvalue weighted by Gasteiger charge is 2.08. The highest BCUT2D eigenvalue weighted by atomic mass is 16.5. The third kappa shape index (κ3) is 8.16. The summed E-state index contributed by atoms with van der Waals surface area (Å²) in [5, 5.41) is 2.74. The molecule has 0 unspecified atom stereocenters. The summed E-state index contributed by atoms with van der Waals surface area (Å²) in [6, 6.07) is 12.2. The Balaban J connectivity index is 1.96. The highest BCUT2D eigenvalue weighted by molar-refractivity contribution is 6.02. The van der Waals surface area contributed by atoms with Gasteiger partial charge in [-0.1, -0.05) is 38.3 Å². The number of nitrogens with one attached hydrogen (secondary N) is 1. The molecule has 0 saturated carbocycles. The van der Waals surface area contributed by atoms with Crippen LogP contribution in [-0.2, 0) is 9.53 Å². The van der Waals surface area contributed by atoms with Crippen molar-refractivity contribution in [3.63, 3.8) is 0 Å². The average molecular weight is 426 g/mol. The molecule has 0 aliphatic carbocycles. The van der Waals surface area contributed by atoms with Crippen LogP contribution in [0.1, 0.15) is 55.5 Å². The van der Waals surface area contributed by atoms with Gasteiger partial charge in [0.1, 0.15) is 0 Å². The molecule has 0 spiro atoms. The normalized spacial score (nSPS) is 10.7. The van der Waals surface area contributed by atoms with Crippen LogP contribution in [0.15, 0.2) is 48.5 Å². The Bertz CT molecular complexity index is 891. The number of unbranched alkanes of at least 4 members (excludes halogenated alkanes) is 3. The lowest BCUT2D eigenvalue weighted by Crippen LogP contribution is -2.09. The Morgan fingerprint density at radius 3 is 2.58 bits per heavy atom. The number of methoxy groups -OCH3 is 1. The number of hydrogen-bond acceptors (Lipinski definition) is 5. The molecule has 0 aromatic heterocycles. The van der Waals surface area contributed by atoms with Crippen LogP contribution in [0.3, 0.4) is 0 Å². The van der Waals surface area contributed by atoms with Crippen molar-refractivity contribution >= 4 is 23.6 Å². The summed E-state index contributed by atoms with van der Waals surface area (Å²) < 4.78 is 16.2. The van der Waals surface area contributed by atoms with Gasteiger partial charge in [-0.25, -0.2) is 4.79 Å². The van der Waals surface area contributed by atoms with Crippen molar-refractivity contribution in [1.29, 1.82) is 0 Å². The number of carbonyl (C=O) groups excluding carboxylic acids is 2. The SMILES string of the molecule is CCCCCCOc1ccc(/C=C/C(=O)Nc2cccc(C(=O)OCC)c2)cc1OC. The molecule has 0 atom stereocenters. The van der Waals surface area contributed by atoms with Crippen LogP contribution in [0.2, 0.25) is 0 Å². The van der Waals surface area contributed by atoms with Gasteiger partial charge in [0.05, 0.1) is 25.9 Å². The van der Waals surface area contributed by atoms with Crippen LogP contribution in [0.4, 0.5) is 5.69 Å². The molecule has 0 aliphatic heterocycles. The fourth-order valence-corrected chi connectivity index (χ4v) is 2.91. The minimum atomic E-state index is -0.422. The summed E-state index contributed by atoms with van der Waals surface area (Å²) in [7, 11) is 1.59. The Morgan fingerprint density at radius 1 is 1.00 bits per heavy atom. The van der Waals surface area contributed by atoms with Crippen molar-refractivity contribution in [2.45, 2.75) is 39.5 Å². The van der Waals surface area contributed by atoms with E-state index < -0.39 is 5.97 Å². The van der Waals surface area contributed by atoms with E-state index in [-0.39, 0.29) is 5.91 Å². The molecule has 0 radical (unpaired) electrons. The summed E-state index contributed by atoms with van der Waals surface area (Å²) in [5.74, 6) is 0.585. The third-order valence-electron chi connectivity index (χ3n) is 4.51. The topological polar surface area (TPSA) is 73.9 Å². The molecular formula is C25H31NO5. The molecule has 0 fully saturated rings. The summed E-state index contributed by atoms with van der Waals surface area (Å²) in [6.45, 7) is 4.87. The molecule has 6 nitrogen and oxygen atoms in total. The molecule has 1 amide bonds. The van der Waals surface area contributed by atoms with Gasteiger partial charge in [0, 0.05) is 11.8 Å². The van der Waals surface area contributed by atoms with Gasteiger partial charge in [-0.3, -0.25) is 4.79 Å². The molecule has 31 heavy (non-hydrogen) atoms. The lowest BCUT2D eigenvalue weighted by molar-refractivity contribution is -0.111. The maximum Gasteiger partial charge on any atom is 0.338 e. The van der Waals surface area contributed by atoms with E-state index in [4.69, 9.17) is 14.2 Å². The number of benzene rings is 2. The van der Waals surface area contributed by atoms with Gasteiger partial charge in [0.2, 0.25) is 5.91 Å². The first kappa shape index (κ1) is 24.0. The Hall–Kier alpha value is -3.28.